The van der Waals surface area contributed by atoms with Gasteiger partial charge in [0.2, 0.25) is 5.91 Å². The lowest BCUT2D eigenvalue weighted by Crippen LogP contribution is -2.42. The van der Waals surface area contributed by atoms with Crippen LogP contribution in [0.2, 0.25) is 0 Å². The molecular weight excluding hydrogens is 222 g/mol. The van der Waals surface area contributed by atoms with Crippen LogP contribution in [0.5, 0.6) is 0 Å². The fourth-order valence-corrected chi connectivity index (χ4v) is 3.59. The summed E-state index contributed by atoms with van der Waals surface area (Å²) < 4.78 is 0. The summed E-state index contributed by atoms with van der Waals surface area (Å²) in [4.78, 5) is 12.4. The highest BCUT2D eigenvalue weighted by atomic mass is 16.2. The second-order valence-corrected chi connectivity index (χ2v) is 7.24. The summed E-state index contributed by atoms with van der Waals surface area (Å²) in [6.07, 6.45) is 8.51. The number of amides is 1. The van der Waals surface area contributed by atoms with Crippen LogP contribution < -0.4 is 5.32 Å². The monoisotopic (exact) mass is 251 g/mol. The summed E-state index contributed by atoms with van der Waals surface area (Å²) >= 11 is 0. The van der Waals surface area contributed by atoms with Gasteiger partial charge in [-0.2, -0.15) is 0 Å². The van der Waals surface area contributed by atoms with E-state index in [2.05, 4.69) is 26.1 Å². The molecule has 2 aliphatic rings. The molecule has 0 aromatic rings. The Hall–Kier alpha value is -0.530. The van der Waals surface area contributed by atoms with Crippen molar-refractivity contribution in [1.82, 2.24) is 5.32 Å². The Morgan fingerprint density at radius 2 is 1.78 bits per heavy atom. The zero-order valence-corrected chi connectivity index (χ0v) is 12.3. The molecule has 2 atom stereocenters. The van der Waals surface area contributed by atoms with Gasteiger partial charge in [-0.1, -0.05) is 27.2 Å². The fraction of sp³-hybridized carbons (Fsp3) is 0.938. The summed E-state index contributed by atoms with van der Waals surface area (Å²) in [5.41, 5.74) is -0.0866. The predicted molar refractivity (Wildman–Crippen MR) is 75.3 cm³/mol. The lowest BCUT2D eigenvalue weighted by molar-refractivity contribution is -0.132. The highest BCUT2D eigenvalue weighted by molar-refractivity contribution is 5.82. The van der Waals surface area contributed by atoms with Crippen molar-refractivity contribution in [2.24, 2.45) is 23.2 Å². The molecular formula is C16H29NO. The third-order valence-electron chi connectivity index (χ3n) is 5.28. The van der Waals surface area contributed by atoms with E-state index in [9.17, 15) is 4.79 Å². The number of nitrogens with one attached hydrogen (secondary N) is 1. The van der Waals surface area contributed by atoms with Crippen molar-refractivity contribution in [3.63, 3.8) is 0 Å². The minimum absolute atomic E-state index is 0.0866. The van der Waals surface area contributed by atoms with Gasteiger partial charge in [0.25, 0.3) is 0 Å². The quantitative estimate of drug-likeness (QED) is 0.813. The van der Waals surface area contributed by atoms with E-state index >= 15 is 0 Å². The predicted octanol–water partition coefficient (Wildman–Crippen LogP) is 3.76. The molecule has 2 nitrogen and oxygen atoms in total. The first kappa shape index (κ1) is 13.9. The Morgan fingerprint density at radius 3 is 2.33 bits per heavy atom. The van der Waals surface area contributed by atoms with E-state index in [0.29, 0.717) is 5.91 Å². The molecule has 0 aliphatic heterocycles. The third kappa shape index (κ3) is 3.27. The van der Waals surface area contributed by atoms with Crippen LogP contribution in [0.15, 0.2) is 0 Å². The zero-order chi connectivity index (χ0) is 13.2. The van der Waals surface area contributed by atoms with Crippen LogP contribution in [0.4, 0.5) is 0 Å². The molecule has 2 heteroatoms. The van der Waals surface area contributed by atoms with Crippen LogP contribution >= 0.6 is 0 Å². The molecule has 18 heavy (non-hydrogen) atoms. The number of hydrogen-bond acceptors (Lipinski definition) is 1. The van der Waals surface area contributed by atoms with Crippen LogP contribution in [0.1, 0.15) is 65.7 Å². The van der Waals surface area contributed by atoms with Crippen molar-refractivity contribution in [3.05, 3.63) is 0 Å². The number of carbonyl (C=O) groups excluding carboxylic acids is 1. The van der Waals surface area contributed by atoms with E-state index in [1.54, 1.807) is 0 Å². The maximum atomic E-state index is 12.4. The fourth-order valence-electron chi connectivity index (χ4n) is 3.59. The smallest absolute Gasteiger partial charge is 0.225 e. The van der Waals surface area contributed by atoms with Crippen molar-refractivity contribution in [2.75, 3.05) is 6.54 Å². The second-order valence-electron chi connectivity index (χ2n) is 7.24. The van der Waals surface area contributed by atoms with Gasteiger partial charge >= 0.3 is 0 Å². The zero-order valence-electron chi connectivity index (χ0n) is 12.3. The lowest BCUT2D eigenvalue weighted by atomic mass is 9.71. The molecule has 2 saturated carbocycles. The Bertz CT molecular complexity index is 291. The van der Waals surface area contributed by atoms with Gasteiger partial charge in [-0.05, 0) is 56.3 Å². The highest BCUT2D eigenvalue weighted by Gasteiger charge is 2.36. The molecule has 2 fully saturated rings. The van der Waals surface area contributed by atoms with E-state index < -0.39 is 0 Å². The van der Waals surface area contributed by atoms with Crippen molar-refractivity contribution in [2.45, 2.75) is 65.7 Å². The first-order valence-corrected chi connectivity index (χ1v) is 7.78. The van der Waals surface area contributed by atoms with Gasteiger partial charge in [-0.3, -0.25) is 4.79 Å². The largest absolute Gasteiger partial charge is 0.355 e. The van der Waals surface area contributed by atoms with E-state index in [0.717, 1.165) is 37.1 Å². The van der Waals surface area contributed by atoms with Crippen LogP contribution in [0.25, 0.3) is 0 Å². The molecule has 1 N–H and O–H groups in total. The standard InChI is InChI=1S/C16H29NO/c1-12-6-8-16(3,9-7-12)15(18)17-11-14-5-4-13(2)10-14/h12-14H,4-11H2,1-3H3,(H,17,18). The molecule has 0 bridgehead atoms. The van der Waals surface area contributed by atoms with Gasteiger partial charge in [0, 0.05) is 12.0 Å². The average molecular weight is 251 g/mol. The number of hydrogen-bond donors (Lipinski definition) is 1. The van der Waals surface area contributed by atoms with E-state index in [1.807, 2.05) is 0 Å². The minimum Gasteiger partial charge on any atom is -0.355 e. The summed E-state index contributed by atoms with van der Waals surface area (Å²) in [5.74, 6) is 2.71. The normalized spacial score (nSPS) is 40.7. The third-order valence-corrected chi connectivity index (χ3v) is 5.28. The SMILES string of the molecule is CC1CCC(C)(C(=O)NCC2CCC(C)C2)CC1. The van der Waals surface area contributed by atoms with Crippen LogP contribution in [-0.2, 0) is 4.79 Å². The molecule has 1 amide bonds. The maximum absolute atomic E-state index is 12.4. The molecule has 2 rings (SSSR count). The van der Waals surface area contributed by atoms with Crippen molar-refractivity contribution in [3.8, 4) is 0 Å². The minimum atomic E-state index is -0.0866. The molecule has 0 heterocycles. The highest BCUT2D eigenvalue weighted by Crippen LogP contribution is 2.38. The Kier molecular flexibility index (Phi) is 4.34. The first-order chi connectivity index (χ1) is 8.49. The first-order valence-electron chi connectivity index (χ1n) is 7.78. The Morgan fingerprint density at radius 1 is 1.11 bits per heavy atom. The van der Waals surface area contributed by atoms with Crippen LogP contribution in [0, 0.1) is 23.2 Å². The maximum Gasteiger partial charge on any atom is 0.225 e. The molecule has 0 aromatic carbocycles. The summed E-state index contributed by atoms with van der Waals surface area (Å²) in [5, 5.41) is 3.23. The summed E-state index contributed by atoms with van der Waals surface area (Å²) in [7, 11) is 0. The van der Waals surface area contributed by atoms with Gasteiger partial charge in [-0.25, -0.2) is 0 Å². The molecule has 0 radical (unpaired) electrons. The lowest BCUT2D eigenvalue weighted by Gasteiger charge is -2.35. The van der Waals surface area contributed by atoms with Crippen LogP contribution in [-0.4, -0.2) is 12.5 Å². The second kappa shape index (κ2) is 5.63. The van der Waals surface area contributed by atoms with Gasteiger partial charge < -0.3 is 5.32 Å². The van der Waals surface area contributed by atoms with Gasteiger partial charge in [0.1, 0.15) is 0 Å². The molecule has 2 aliphatic carbocycles. The summed E-state index contributed by atoms with van der Waals surface area (Å²) in [6.45, 7) is 7.70. The van der Waals surface area contributed by atoms with E-state index in [1.165, 1.54) is 32.1 Å². The van der Waals surface area contributed by atoms with E-state index in [4.69, 9.17) is 0 Å². The molecule has 0 spiro atoms. The van der Waals surface area contributed by atoms with E-state index in [-0.39, 0.29) is 5.41 Å². The average Bonchev–Trinajstić information content (AvgIpc) is 2.76. The molecule has 2 unspecified atom stereocenters. The van der Waals surface area contributed by atoms with Gasteiger partial charge in [-0.15, -0.1) is 0 Å². The van der Waals surface area contributed by atoms with Crippen molar-refractivity contribution < 1.29 is 4.79 Å². The molecule has 0 aromatic heterocycles. The summed E-state index contributed by atoms with van der Waals surface area (Å²) in [6, 6.07) is 0. The van der Waals surface area contributed by atoms with Crippen LogP contribution in [0.3, 0.4) is 0 Å². The van der Waals surface area contributed by atoms with Crippen molar-refractivity contribution >= 4 is 5.91 Å². The van der Waals surface area contributed by atoms with Gasteiger partial charge in [0.05, 0.1) is 0 Å². The number of rotatable bonds is 3. The molecule has 0 saturated heterocycles. The molecule has 104 valence electrons. The Labute approximate surface area is 112 Å². The number of carbonyl (C=O) groups is 1. The topological polar surface area (TPSA) is 29.1 Å². The van der Waals surface area contributed by atoms with Gasteiger partial charge in [0.15, 0.2) is 0 Å². The van der Waals surface area contributed by atoms with Crippen molar-refractivity contribution in [1.29, 1.82) is 0 Å². The Balaban J connectivity index is 1.77.